The Morgan fingerprint density at radius 2 is 1.50 bits per heavy atom. The molecule has 0 saturated carbocycles. The molecule has 2 aromatic rings. The van der Waals surface area contributed by atoms with Gasteiger partial charge in [0.1, 0.15) is 5.82 Å². The minimum absolute atomic E-state index is 0.193. The van der Waals surface area contributed by atoms with Gasteiger partial charge in [-0.15, -0.1) is 0 Å². The molecule has 0 bridgehead atoms. The number of halogens is 1. The van der Waals surface area contributed by atoms with Crippen LogP contribution in [0.3, 0.4) is 0 Å². The fourth-order valence-corrected chi connectivity index (χ4v) is 2.92. The summed E-state index contributed by atoms with van der Waals surface area (Å²) >= 11 is 0. The lowest BCUT2D eigenvalue weighted by molar-refractivity contribution is 0.377. The lowest BCUT2D eigenvalue weighted by Gasteiger charge is -2.12. The maximum absolute atomic E-state index is 13.0. The van der Waals surface area contributed by atoms with E-state index in [-0.39, 0.29) is 5.82 Å². The fraction of sp³-hybridized carbons (Fsp3) is 0.300. The number of likely N-dealkylation sites (tertiary alicyclic amines) is 1. The highest BCUT2D eigenvalue weighted by Crippen LogP contribution is 2.23. The van der Waals surface area contributed by atoms with Crippen molar-refractivity contribution < 1.29 is 4.39 Å². The zero-order chi connectivity index (χ0) is 15.4. The molecular weight excluding hydrogens is 273 g/mol. The van der Waals surface area contributed by atoms with Gasteiger partial charge in [0.15, 0.2) is 0 Å². The summed E-state index contributed by atoms with van der Waals surface area (Å²) in [5.41, 5.74) is 4.74. The van der Waals surface area contributed by atoms with Gasteiger partial charge in [0.05, 0.1) is 0 Å². The van der Waals surface area contributed by atoms with Crippen molar-refractivity contribution >= 4 is 5.57 Å². The Labute approximate surface area is 132 Å². The van der Waals surface area contributed by atoms with Crippen molar-refractivity contribution in [3.05, 3.63) is 66.0 Å². The topological polar surface area (TPSA) is 3.24 Å². The number of hydrogen-bond acceptors (Lipinski definition) is 1. The summed E-state index contributed by atoms with van der Waals surface area (Å²) in [6.07, 6.45) is 4.98. The van der Waals surface area contributed by atoms with E-state index in [0.717, 1.165) is 17.7 Å². The average Bonchev–Trinajstić information content (AvgIpc) is 3.07. The van der Waals surface area contributed by atoms with E-state index >= 15 is 0 Å². The first kappa shape index (κ1) is 15.0. The Morgan fingerprint density at radius 1 is 0.955 bits per heavy atom. The second-order valence-electron chi connectivity index (χ2n) is 5.98. The molecule has 0 amide bonds. The summed E-state index contributed by atoms with van der Waals surface area (Å²) in [4.78, 5) is 2.50. The van der Waals surface area contributed by atoms with Gasteiger partial charge in [0, 0.05) is 6.54 Å². The number of rotatable bonds is 4. The molecule has 1 aliphatic heterocycles. The average molecular weight is 295 g/mol. The molecule has 1 nitrogen and oxygen atoms in total. The van der Waals surface area contributed by atoms with Gasteiger partial charge in [0.2, 0.25) is 0 Å². The zero-order valence-corrected chi connectivity index (χ0v) is 13.1. The highest BCUT2D eigenvalue weighted by molar-refractivity contribution is 5.69. The van der Waals surface area contributed by atoms with E-state index in [4.69, 9.17) is 0 Å². The first-order chi connectivity index (χ1) is 10.7. The van der Waals surface area contributed by atoms with E-state index in [1.54, 1.807) is 0 Å². The van der Waals surface area contributed by atoms with Crippen LogP contribution < -0.4 is 0 Å². The van der Waals surface area contributed by atoms with Gasteiger partial charge >= 0.3 is 0 Å². The van der Waals surface area contributed by atoms with Gasteiger partial charge in [-0.25, -0.2) is 4.39 Å². The van der Waals surface area contributed by atoms with Gasteiger partial charge in [-0.2, -0.15) is 0 Å². The Morgan fingerprint density at radius 3 is 2.09 bits per heavy atom. The Kier molecular flexibility index (Phi) is 4.69. The molecule has 114 valence electrons. The highest BCUT2D eigenvalue weighted by atomic mass is 19.1. The molecule has 1 heterocycles. The summed E-state index contributed by atoms with van der Waals surface area (Å²) in [6.45, 7) is 5.68. The van der Waals surface area contributed by atoms with Crippen molar-refractivity contribution in [3.8, 4) is 11.1 Å². The molecule has 1 saturated heterocycles. The van der Waals surface area contributed by atoms with Gasteiger partial charge in [-0.1, -0.05) is 42.5 Å². The molecule has 2 heteroatoms. The second-order valence-corrected chi connectivity index (χ2v) is 5.98. The predicted molar refractivity (Wildman–Crippen MR) is 91.2 cm³/mol. The smallest absolute Gasteiger partial charge is 0.123 e. The molecule has 1 aliphatic rings. The third-order valence-electron chi connectivity index (χ3n) is 4.37. The molecule has 0 aliphatic carbocycles. The summed E-state index contributed by atoms with van der Waals surface area (Å²) in [5, 5.41) is 0. The third kappa shape index (κ3) is 3.63. The molecular formula is C20H22FN. The zero-order valence-electron chi connectivity index (χ0n) is 13.1. The molecule has 0 aromatic heterocycles. The first-order valence-corrected chi connectivity index (χ1v) is 7.98. The summed E-state index contributed by atoms with van der Waals surface area (Å²) < 4.78 is 13.0. The quantitative estimate of drug-likeness (QED) is 0.768. The first-order valence-electron chi connectivity index (χ1n) is 7.98. The second kappa shape index (κ2) is 6.89. The van der Waals surface area contributed by atoms with Crippen LogP contribution in [-0.2, 0) is 0 Å². The number of allylic oxidation sites excluding steroid dienone is 1. The predicted octanol–water partition coefficient (Wildman–Crippen LogP) is 4.99. The Balaban J connectivity index is 1.70. The molecule has 0 N–H and O–H groups in total. The normalized spacial score (nSPS) is 16.2. The Hall–Kier alpha value is -1.93. The van der Waals surface area contributed by atoms with Crippen LogP contribution in [0.1, 0.15) is 25.3 Å². The number of hydrogen-bond donors (Lipinski definition) is 0. The van der Waals surface area contributed by atoms with Crippen LogP contribution in [0.15, 0.2) is 54.6 Å². The largest absolute Gasteiger partial charge is 0.300 e. The highest BCUT2D eigenvalue weighted by Gasteiger charge is 2.09. The molecule has 22 heavy (non-hydrogen) atoms. The van der Waals surface area contributed by atoms with Crippen molar-refractivity contribution in [1.82, 2.24) is 4.90 Å². The van der Waals surface area contributed by atoms with Crippen LogP contribution in [0, 0.1) is 5.82 Å². The summed E-state index contributed by atoms with van der Waals surface area (Å²) in [6, 6.07) is 15.2. The van der Waals surface area contributed by atoms with Crippen LogP contribution in [0.25, 0.3) is 16.7 Å². The molecule has 3 rings (SSSR count). The molecule has 0 spiro atoms. The van der Waals surface area contributed by atoms with E-state index < -0.39 is 0 Å². The van der Waals surface area contributed by atoms with Gasteiger partial charge < -0.3 is 0 Å². The van der Waals surface area contributed by atoms with Crippen molar-refractivity contribution in [1.29, 1.82) is 0 Å². The van der Waals surface area contributed by atoms with E-state index in [9.17, 15) is 4.39 Å². The minimum Gasteiger partial charge on any atom is -0.300 e. The maximum atomic E-state index is 13.0. The van der Waals surface area contributed by atoms with Gasteiger partial charge in [-0.05, 0) is 67.3 Å². The molecule has 0 radical (unpaired) electrons. The molecule has 2 aromatic carbocycles. The summed E-state index contributed by atoms with van der Waals surface area (Å²) in [5.74, 6) is -0.193. The fourth-order valence-electron chi connectivity index (χ4n) is 2.92. The molecule has 0 atom stereocenters. The standard InChI is InChI=1S/C20H22FN/c1-16(12-15-22-13-2-3-14-22)17-4-6-18(7-5-17)19-8-10-20(21)11-9-19/h4-12H,2-3,13-15H2,1H3/b16-12-. The van der Waals surface area contributed by atoms with E-state index in [1.165, 1.54) is 49.2 Å². The van der Waals surface area contributed by atoms with E-state index in [0.29, 0.717) is 0 Å². The van der Waals surface area contributed by atoms with Crippen LogP contribution >= 0.6 is 0 Å². The van der Waals surface area contributed by atoms with Crippen molar-refractivity contribution in [3.63, 3.8) is 0 Å². The lowest BCUT2D eigenvalue weighted by Crippen LogP contribution is -2.18. The molecule has 1 fully saturated rings. The maximum Gasteiger partial charge on any atom is 0.123 e. The van der Waals surface area contributed by atoms with E-state index in [1.807, 2.05) is 12.1 Å². The number of nitrogens with zero attached hydrogens (tertiary/aromatic N) is 1. The SMILES string of the molecule is C/C(=C/CN1CCCC1)c1ccc(-c2ccc(F)cc2)cc1. The Bertz CT molecular complexity index is 634. The third-order valence-corrected chi connectivity index (χ3v) is 4.37. The minimum atomic E-state index is -0.193. The summed E-state index contributed by atoms with van der Waals surface area (Å²) in [7, 11) is 0. The molecule has 0 unspecified atom stereocenters. The van der Waals surface area contributed by atoms with Crippen LogP contribution in [0.5, 0.6) is 0 Å². The monoisotopic (exact) mass is 295 g/mol. The van der Waals surface area contributed by atoms with Crippen LogP contribution in [0.2, 0.25) is 0 Å². The van der Waals surface area contributed by atoms with Crippen molar-refractivity contribution in [2.75, 3.05) is 19.6 Å². The van der Waals surface area contributed by atoms with Gasteiger partial charge in [0.25, 0.3) is 0 Å². The van der Waals surface area contributed by atoms with Crippen molar-refractivity contribution in [2.24, 2.45) is 0 Å². The van der Waals surface area contributed by atoms with Gasteiger partial charge in [-0.3, -0.25) is 4.90 Å². The van der Waals surface area contributed by atoms with Crippen LogP contribution in [0.4, 0.5) is 4.39 Å². The van der Waals surface area contributed by atoms with E-state index in [2.05, 4.69) is 42.2 Å². The number of benzene rings is 2. The van der Waals surface area contributed by atoms with Crippen LogP contribution in [-0.4, -0.2) is 24.5 Å². The lowest BCUT2D eigenvalue weighted by atomic mass is 10.0. The van der Waals surface area contributed by atoms with Crippen molar-refractivity contribution in [2.45, 2.75) is 19.8 Å².